The molecule has 0 rings (SSSR count). The van der Waals surface area contributed by atoms with Gasteiger partial charge >= 0.3 is 11.9 Å². The lowest BCUT2D eigenvalue weighted by Gasteiger charge is -2.15. The van der Waals surface area contributed by atoms with Gasteiger partial charge in [-0.15, -0.1) is 0 Å². The molecule has 0 spiro atoms. The second-order valence-electron chi connectivity index (χ2n) is 11.9. The Labute approximate surface area is 288 Å². The maximum absolute atomic E-state index is 12.1. The Morgan fingerprint density at radius 2 is 0.915 bits per heavy atom. The van der Waals surface area contributed by atoms with Gasteiger partial charge in [0, 0.05) is 12.8 Å². The molecule has 47 heavy (non-hydrogen) atoms. The number of ether oxygens (including phenoxy) is 2. The summed E-state index contributed by atoms with van der Waals surface area (Å²) in [4.78, 5) is 24.0. The Bertz CT molecular complexity index is 921. The van der Waals surface area contributed by atoms with E-state index in [2.05, 4.69) is 98.9 Å². The van der Waals surface area contributed by atoms with Crippen molar-refractivity contribution < 1.29 is 24.2 Å². The molecule has 0 fully saturated rings. The molecule has 0 aromatic heterocycles. The zero-order valence-corrected chi connectivity index (χ0v) is 30.0. The second kappa shape index (κ2) is 37.5. The first kappa shape index (κ1) is 44.1. The third-order valence-electron chi connectivity index (χ3n) is 7.45. The number of hydrogen-bond acceptors (Lipinski definition) is 5. The van der Waals surface area contributed by atoms with Crippen molar-refractivity contribution >= 4 is 11.9 Å². The lowest BCUT2D eigenvalue weighted by atomic mass is 10.1. The van der Waals surface area contributed by atoms with Gasteiger partial charge in [0.05, 0.1) is 6.61 Å². The molecule has 0 aromatic carbocycles. The summed E-state index contributed by atoms with van der Waals surface area (Å²) in [7, 11) is 0. The first-order valence-electron chi connectivity index (χ1n) is 18.6. The summed E-state index contributed by atoms with van der Waals surface area (Å²) >= 11 is 0. The molecule has 1 unspecified atom stereocenters. The fourth-order valence-corrected chi connectivity index (χ4v) is 4.65. The van der Waals surface area contributed by atoms with Crippen LogP contribution in [0.15, 0.2) is 85.1 Å². The zero-order chi connectivity index (χ0) is 34.3. The zero-order valence-electron chi connectivity index (χ0n) is 30.0. The molecule has 5 heteroatoms. The predicted octanol–water partition coefficient (Wildman–Crippen LogP) is 11.6. The van der Waals surface area contributed by atoms with Gasteiger partial charge in [-0.25, -0.2) is 0 Å². The largest absolute Gasteiger partial charge is 0.462 e. The highest BCUT2D eigenvalue weighted by molar-refractivity contribution is 5.70. The van der Waals surface area contributed by atoms with E-state index in [0.717, 1.165) is 103 Å². The van der Waals surface area contributed by atoms with Gasteiger partial charge in [-0.3, -0.25) is 9.59 Å². The highest BCUT2D eigenvalue weighted by Crippen LogP contribution is 2.10. The van der Waals surface area contributed by atoms with Crippen molar-refractivity contribution in [3.05, 3.63) is 85.1 Å². The monoisotopic (exact) mass is 653 g/mol. The molecule has 1 atom stereocenters. The number of hydrogen-bond donors (Lipinski definition) is 1. The lowest BCUT2D eigenvalue weighted by molar-refractivity contribution is -0.161. The molecule has 0 radical (unpaired) electrons. The number of esters is 2. The Kier molecular flexibility index (Phi) is 35.2. The first-order chi connectivity index (χ1) is 23.1. The number of aliphatic hydroxyl groups is 1. The van der Waals surface area contributed by atoms with Gasteiger partial charge in [-0.1, -0.05) is 150 Å². The molecule has 0 aliphatic rings. The van der Waals surface area contributed by atoms with Gasteiger partial charge in [0.25, 0.3) is 0 Å². The molecule has 0 aromatic rings. The fraction of sp³-hybridized carbons (Fsp3) is 0.619. The molecule has 0 bridgehead atoms. The van der Waals surface area contributed by atoms with E-state index in [4.69, 9.17) is 9.47 Å². The third-order valence-corrected chi connectivity index (χ3v) is 7.45. The minimum absolute atomic E-state index is 0.0789. The van der Waals surface area contributed by atoms with E-state index in [-0.39, 0.29) is 25.2 Å². The van der Waals surface area contributed by atoms with E-state index in [1.807, 2.05) is 0 Å². The number of carbonyl (C=O) groups excluding carboxylic acids is 2. The highest BCUT2D eigenvalue weighted by Gasteiger charge is 2.16. The van der Waals surface area contributed by atoms with Crippen molar-refractivity contribution in [1.29, 1.82) is 0 Å². The smallest absolute Gasteiger partial charge is 0.306 e. The number of rotatable bonds is 32. The van der Waals surface area contributed by atoms with Crippen LogP contribution in [-0.4, -0.2) is 36.4 Å². The van der Waals surface area contributed by atoms with Crippen LogP contribution in [0.2, 0.25) is 0 Å². The van der Waals surface area contributed by atoms with Gasteiger partial charge in [0.1, 0.15) is 6.61 Å². The highest BCUT2D eigenvalue weighted by atomic mass is 16.6. The Balaban J connectivity index is 3.65. The Morgan fingerprint density at radius 3 is 1.38 bits per heavy atom. The maximum atomic E-state index is 12.1. The van der Waals surface area contributed by atoms with Crippen molar-refractivity contribution in [2.75, 3.05) is 13.2 Å². The lowest BCUT2D eigenvalue weighted by Crippen LogP contribution is -2.28. The molecule has 0 heterocycles. The summed E-state index contributed by atoms with van der Waals surface area (Å²) in [5.74, 6) is -0.633. The van der Waals surface area contributed by atoms with Crippen LogP contribution in [-0.2, 0) is 19.1 Å². The summed E-state index contributed by atoms with van der Waals surface area (Å²) in [6.45, 7) is 3.91. The molecule has 5 nitrogen and oxygen atoms in total. The number of aliphatic hydroxyl groups excluding tert-OH is 1. The molecular weight excluding hydrogens is 584 g/mol. The van der Waals surface area contributed by atoms with E-state index < -0.39 is 6.10 Å². The quantitative estimate of drug-likeness (QED) is 0.0445. The summed E-state index contributed by atoms with van der Waals surface area (Å²) in [6, 6.07) is 0. The third kappa shape index (κ3) is 35.8. The average Bonchev–Trinajstić information content (AvgIpc) is 3.07. The van der Waals surface area contributed by atoms with E-state index in [0.29, 0.717) is 12.8 Å². The predicted molar refractivity (Wildman–Crippen MR) is 200 cm³/mol. The second-order valence-corrected chi connectivity index (χ2v) is 11.9. The first-order valence-corrected chi connectivity index (χ1v) is 18.6. The van der Waals surface area contributed by atoms with E-state index in [1.165, 1.54) is 19.3 Å². The van der Waals surface area contributed by atoms with Gasteiger partial charge in [-0.05, 0) is 70.6 Å². The molecule has 0 saturated carbocycles. The van der Waals surface area contributed by atoms with Crippen molar-refractivity contribution in [3.8, 4) is 0 Å². The number of carbonyl (C=O) groups is 2. The Hall–Kier alpha value is -2.92. The molecule has 1 N–H and O–H groups in total. The molecule has 0 aliphatic carbocycles. The van der Waals surface area contributed by atoms with Gasteiger partial charge in [0.2, 0.25) is 0 Å². The molecule has 0 saturated heterocycles. The van der Waals surface area contributed by atoms with E-state index in [9.17, 15) is 14.7 Å². The van der Waals surface area contributed by atoms with Gasteiger partial charge < -0.3 is 14.6 Å². The summed E-state index contributed by atoms with van der Waals surface area (Å²) < 4.78 is 10.5. The Morgan fingerprint density at radius 1 is 0.511 bits per heavy atom. The molecular formula is C42H68O5. The normalized spacial score (nSPS) is 13.2. The van der Waals surface area contributed by atoms with Gasteiger partial charge in [0.15, 0.2) is 6.10 Å². The molecule has 0 amide bonds. The number of allylic oxidation sites excluding steroid dienone is 14. The van der Waals surface area contributed by atoms with Crippen molar-refractivity contribution in [1.82, 2.24) is 0 Å². The van der Waals surface area contributed by atoms with Crippen LogP contribution >= 0.6 is 0 Å². The minimum Gasteiger partial charge on any atom is -0.462 e. The SMILES string of the molecule is CC/C=C\C/C=C\C/C=C\C/C=C\C/C=C\C/C=C\C/C=C\CCCCCCCC(=O)OC(CO)COC(=O)CCCCCCCC. The number of unbranched alkanes of at least 4 members (excludes halogenated alkanes) is 10. The van der Waals surface area contributed by atoms with Crippen LogP contribution in [0.5, 0.6) is 0 Å². The molecule has 0 aliphatic heterocycles. The van der Waals surface area contributed by atoms with E-state index >= 15 is 0 Å². The topological polar surface area (TPSA) is 72.8 Å². The van der Waals surface area contributed by atoms with Crippen molar-refractivity contribution in [2.45, 2.75) is 155 Å². The average molecular weight is 653 g/mol. The summed E-state index contributed by atoms with van der Waals surface area (Å²) in [5, 5.41) is 9.47. The van der Waals surface area contributed by atoms with Crippen LogP contribution in [0, 0.1) is 0 Å². The summed E-state index contributed by atoms with van der Waals surface area (Å²) in [6.07, 6.45) is 51.0. The van der Waals surface area contributed by atoms with Crippen molar-refractivity contribution in [3.63, 3.8) is 0 Å². The molecule has 266 valence electrons. The van der Waals surface area contributed by atoms with Crippen molar-refractivity contribution in [2.24, 2.45) is 0 Å². The van der Waals surface area contributed by atoms with Crippen LogP contribution in [0.25, 0.3) is 0 Å². The van der Waals surface area contributed by atoms with Crippen LogP contribution in [0.3, 0.4) is 0 Å². The van der Waals surface area contributed by atoms with Gasteiger partial charge in [-0.2, -0.15) is 0 Å². The summed E-state index contributed by atoms with van der Waals surface area (Å²) in [5.41, 5.74) is 0. The van der Waals surface area contributed by atoms with E-state index in [1.54, 1.807) is 0 Å². The minimum atomic E-state index is -0.782. The maximum Gasteiger partial charge on any atom is 0.306 e. The fourth-order valence-electron chi connectivity index (χ4n) is 4.65. The standard InChI is InChI=1S/C42H68O5/c1-3-5-7-9-11-12-13-14-15-16-17-18-19-20-21-22-23-24-25-26-27-28-29-30-31-33-35-37-42(45)47-40(38-43)39-46-41(44)36-34-32-10-8-6-4-2/h5,7,11-12,14-15,17-18,20-21,23-24,26-27,40,43H,3-4,6,8-10,13,16,19,22,25,28-39H2,1-2H3/b7-5-,12-11-,15-14-,18-17-,21-20-,24-23-,27-26-. The van der Waals surface area contributed by atoms with Crippen LogP contribution in [0.4, 0.5) is 0 Å². The van der Waals surface area contributed by atoms with Crippen LogP contribution in [0.1, 0.15) is 149 Å². The van der Waals surface area contributed by atoms with Crippen LogP contribution < -0.4 is 0 Å².